The summed E-state index contributed by atoms with van der Waals surface area (Å²) in [4.78, 5) is 15.2. The molecule has 10 heteroatoms. The summed E-state index contributed by atoms with van der Waals surface area (Å²) >= 11 is 12.1. The number of carbonyl (C=O) groups excluding carboxylic acids is 1. The van der Waals surface area contributed by atoms with E-state index in [-0.39, 0.29) is 20.6 Å². The lowest BCUT2D eigenvalue weighted by molar-refractivity contribution is -0.114. The van der Waals surface area contributed by atoms with Gasteiger partial charge in [0.25, 0.3) is 10.0 Å². The third-order valence-corrected chi connectivity index (χ3v) is 7.86. The molecular formula is C24H23Cl2N3O4S. The molecule has 1 N–H and O–H groups in total. The molecule has 0 aromatic heterocycles. The molecule has 0 radical (unpaired) electrons. The lowest BCUT2D eigenvalue weighted by atomic mass is 10.2. The number of nitrogens with one attached hydrogen (secondary N) is 1. The first kappa shape index (κ1) is 24.3. The highest BCUT2D eigenvalue weighted by Gasteiger charge is 2.27. The van der Waals surface area contributed by atoms with Crippen molar-refractivity contribution in [3.05, 3.63) is 82.8 Å². The van der Waals surface area contributed by atoms with Gasteiger partial charge < -0.3 is 15.0 Å². The lowest BCUT2D eigenvalue weighted by Crippen LogP contribution is -2.38. The number of hydrogen-bond donors (Lipinski definition) is 1. The minimum absolute atomic E-state index is 0.0590. The van der Waals surface area contributed by atoms with E-state index in [9.17, 15) is 13.2 Å². The van der Waals surface area contributed by atoms with Crippen LogP contribution >= 0.6 is 23.2 Å². The highest BCUT2D eigenvalue weighted by molar-refractivity contribution is 7.92. The fraction of sp³-hybridized carbons (Fsp3) is 0.208. The number of anilines is 3. The van der Waals surface area contributed by atoms with E-state index in [2.05, 4.69) is 10.2 Å². The number of carbonyl (C=O) groups is 1. The molecule has 178 valence electrons. The Bertz CT molecular complexity index is 1250. The summed E-state index contributed by atoms with van der Waals surface area (Å²) in [6.07, 6.45) is 0. The number of amides is 1. The molecule has 1 aliphatic heterocycles. The van der Waals surface area contributed by atoms with Crippen LogP contribution in [0.25, 0.3) is 0 Å². The molecule has 0 spiro atoms. The van der Waals surface area contributed by atoms with Gasteiger partial charge in [-0.2, -0.15) is 0 Å². The van der Waals surface area contributed by atoms with Gasteiger partial charge in [-0.05, 0) is 54.6 Å². The summed E-state index contributed by atoms with van der Waals surface area (Å²) < 4.78 is 33.2. The normalized spacial score (nSPS) is 14.0. The van der Waals surface area contributed by atoms with Crippen LogP contribution in [-0.4, -0.2) is 47.2 Å². The highest BCUT2D eigenvalue weighted by atomic mass is 35.5. The van der Waals surface area contributed by atoms with Gasteiger partial charge in [0.05, 0.1) is 33.8 Å². The van der Waals surface area contributed by atoms with Gasteiger partial charge in [-0.1, -0.05) is 41.4 Å². The molecular weight excluding hydrogens is 497 g/mol. The Morgan fingerprint density at radius 2 is 1.62 bits per heavy atom. The number of hydrogen-bond acceptors (Lipinski definition) is 5. The van der Waals surface area contributed by atoms with Crippen LogP contribution in [0, 0.1) is 0 Å². The lowest BCUT2D eigenvalue weighted by Gasteiger charge is -2.29. The van der Waals surface area contributed by atoms with Gasteiger partial charge in [0, 0.05) is 24.5 Å². The first-order valence-electron chi connectivity index (χ1n) is 10.6. The zero-order valence-corrected chi connectivity index (χ0v) is 20.5. The molecule has 1 amide bonds. The van der Waals surface area contributed by atoms with E-state index in [0.717, 1.165) is 23.1 Å². The third-order valence-electron chi connectivity index (χ3n) is 5.34. The van der Waals surface area contributed by atoms with E-state index in [1.54, 1.807) is 30.3 Å². The fourth-order valence-corrected chi connectivity index (χ4v) is 5.31. The molecule has 0 atom stereocenters. The van der Waals surface area contributed by atoms with Crippen LogP contribution in [0.5, 0.6) is 0 Å². The smallest absolute Gasteiger partial charge is 0.264 e. The van der Waals surface area contributed by atoms with Crippen molar-refractivity contribution in [3.63, 3.8) is 0 Å². The van der Waals surface area contributed by atoms with Crippen molar-refractivity contribution >= 4 is 56.2 Å². The molecule has 1 aliphatic rings. The minimum Gasteiger partial charge on any atom is -0.378 e. The van der Waals surface area contributed by atoms with Gasteiger partial charge in [-0.3, -0.25) is 9.10 Å². The number of morpholine rings is 1. The summed E-state index contributed by atoms with van der Waals surface area (Å²) in [5.74, 6) is -0.496. The summed E-state index contributed by atoms with van der Waals surface area (Å²) in [5.41, 5.74) is 1.83. The molecule has 3 aromatic rings. The summed E-state index contributed by atoms with van der Waals surface area (Å²) in [6.45, 7) is 2.53. The molecule has 0 saturated carbocycles. The van der Waals surface area contributed by atoms with Crippen LogP contribution in [0.1, 0.15) is 0 Å². The molecule has 4 rings (SSSR count). The molecule has 3 aromatic carbocycles. The molecule has 7 nitrogen and oxygen atoms in total. The van der Waals surface area contributed by atoms with Crippen molar-refractivity contribution in [2.75, 3.05) is 47.4 Å². The van der Waals surface area contributed by atoms with Crippen LogP contribution in [0.2, 0.25) is 10.0 Å². The van der Waals surface area contributed by atoms with E-state index < -0.39 is 22.5 Å². The maximum Gasteiger partial charge on any atom is 0.264 e. The quantitative estimate of drug-likeness (QED) is 0.490. The second-order valence-electron chi connectivity index (χ2n) is 7.62. The molecule has 1 saturated heterocycles. The van der Waals surface area contributed by atoms with Crippen LogP contribution in [0.4, 0.5) is 17.1 Å². The number of nitrogens with zero attached hydrogens (tertiary/aromatic N) is 2. The fourth-order valence-electron chi connectivity index (χ4n) is 3.58. The SMILES string of the molecule is O=C(CN(c1ccc(Cl)c(Cl)c1)S(=O)(=O)c1ccccc1)Nc1ccc(N2CCOCC2)cc1. The van der Waals surface area contributed by atoms with Gasteiger partial charge in [-0.25, -0.2) is 8.42 Å². The Morgan fingerprint density at radius 1 is 0.941 bits per heavy atom. The third kappa shape index (κ3) is 5.64. The maximum atomic E-state index is 13.4. The van der Waals surface area contributed by atoms with E-state index in [1.165, 1.54) is 30.3 Å². The second-order valence-corrected chi connectivity index (χ2v) is 10.3. The zero-order chi connectivity index (χ0) is 24.1. The Kier molecular flexibility index (Phi) is 7.63. The zero-order valence-electron chi connectivity index (χ0n) is 18.2. The van der Waals surface area contributed by atoms with Gasteiger partial charge >= 0.3 is 0 Å². The van der Waals surface area contributed by atoms with Gasteiger partial charge in [0.1, 0.15) is 6.54 Å². The van der Waals surface area contributed by atoms with E-state index >= 15 is 0 Å². The number of benzene rings is 3. The van der Waals surface area contributed by atoms with E-state index in [0.29, 0.717) is 18.9 Å². The first-order valence-corrected chi connectivity index (χ1v) is 12.8. The Balaban J connectivity index is 1.55. The number of sulfonamides is 1. The number of rotatable bonds is 7. The first-order chi connectivity index (χ1) is 16.3. The predicted octanol–water partition coefficient (Wildman–Crippen LogP) is 4.66. The van der Waals surface area contributed by atoms with Crippen molar-refractivity contribution in [1.82, 2.24) is 0 Å². The Hall–Kier alpha value is -2.78. The second kappa shape index (κ2) is 10.7. The highest BCUT2D eigenvalue weighted by Crippen LogP contribution is 2.30. The topological polar surface area (TPSA) is 79.0 Å². The number of halogens is 2. The van der Waals surface area contributed by atoms with Crippen molar-refractivity contribution in [1.29, 1.82) is 0 Å². The standard InChI is InChI=1S/C24H23Cl2N3O4S/c25-22-11-10-20(16-23(22)26)29(34(31,32)21-4-2-1-3-5-21)17-24(30)27-18-6-8-19(9-7-18)28-12-14-33-15-13-28/h1-11,16H,12-15,17H2,(H,27,30). The average molecular weight is 520 g/mol. The van der Waals surface area contributed by atoms with Gasteiger partial charge in [0.2, 0.25) is 5.91 Å². The predicted molar refractivity (Wildman–Crippen MR) is 136 cm³/mol. The molecule has 0 aliphatic carbocycles. The molecule has 34 heavy (non-hydrogen) atoms. The van der Waals surface area contributed by atoms with Gasteiger partial charge in [-0.15, -0.1) is 0 Å². The molecule has 0 unspecified atom stereocenters. The summed E-state index contributed by atoms with van der Waals surface area (Å²) in [5, 5.41) is 3.25. The molecule has 1 heterocycles. The van der Waals surface area contributed by atoms with Crippen LogP contribution < -0.4 is 14.5 Å². The van der Waals surface area contributed by atoms with Gasteiger partial charge in [0.15, 0.2) is 0 Å². The van der Waals surface area contributed by atoms with Crippen LogP contribution in [-0.2, 0) is 19.6 Å². The Labute approximate surface area is 208 Å². The van der Waals surface area contributed by atoms with E-state index in [4.69, 9.17) is 27.9 Å². The molecule has 1 fully saturated rings. The van der Waals surface area contributed by atoms with E-state index in [1.807, 2.05) is 12.1 Å². The van der Waals surface area contributed by atoms with Crippen molar-refractivity contribution in [3.8, 4) is 0 Å². The Morgan fingerprint density at radius 3 is 2.26 bits per heavy atom. The summed E-state index contributed by atoms with van der Waals surface area (Å²) in [6, 6.07) is 19.8. The average Bonchev–Trinajstić information content (AvgIpc) is 2.86. The van der Waals surface area contributed by atoms with Crippen molar-refractivity contribution in [2.45, 2.75) is 4.90 Å². The maximum absolute atomic E-state index is 13.4. The minimum atomic E-state index is -4.04. The van der Waals surface area contributed by atoms with Crippen molar-refractivity contribution < 1.29 is 17.9 Å². The van der Waals surface area contributed by atoms with Crippen molar-refractivity contribution in [2.24, 2.45) is 0 Å². The summed E-state index contributed by atoms with van der Waals surface area (Å²) in [7, 11) is -4.04. The number of ether oxygens (including phenoxy) is 1. The molecule has 0 bridgehead atoms. The monoisotopic (exact) mass is 519 g/mol. The van der Waals surface area contributed by atoms with Crippen LogP contribution in [0.15, 0.2) is 77.7 Å². The largest absolute Gasteiger partial charge is 0.378 e. The van der Waals surface area contributed by atoms with Crippen LogP contribution in [0.3, 0.4) is 0 Å².